The van der Waals surface area contributed by atoms with Crippen molar-refractivity contribution < 1.29 is 16.8 Å². The molecule has 0 aromatic carbocycles. The maximum Gasteiger partial charge on any atom is 0.481 e. The molecule has 0 bridgehead atoms. The first-order chi connectivity index (χ1) is 5.64. The number of hydrogen-bond acceptors (Lipinski definition) is 3. The quantitative estimate of drug-likeness (QED) is 0.643. The summed E-state index contributed by atoms with van der Waals surface area (Å²) < 4.78 is 20.2. The maximum atomic E-state index is 11.0. The standard InChI is InChI=1S/C6H12IO4P/c7-11-12(8,9)10-6-4-2-1-3-5-6/h6H,1-5H2,(H,8,9). The number of halogens is 1. The molecule has 0 aromatic heterocycles. The van der Waals surface area contributed by atoms with Gasteiger partial charge < -0.3 is 4.89 Å². The van der Waals surface area contributed by atoms with Crippen LogP contribution in [-0.4, -0.2) is 11.0 Å². The molecule has 1 saturated carbocycles. The predicted molar refractivity (Wildman–Crippen MR) is 52.9 cm³/mol. The topological polar surface area (TPSA) is 55.8 Å². The Labute approximate surface area is 85.9 Å². The van der Waals surface area contributed by atoms with E-state index in [9.17, 15) is 4.57 Å². The summed E-state index contributed by atoms with van der Waals surface area (Å²) in [6.45, 7) is 0. The summed E-state index contributed by atoms with van der Waals surface area (Å²) in [7, 11) is -3.76. The highest BCUT2D eigenvalue weighted by atomic mass is 127. The number of phosphoric ester groups is 1. The van der Waals surface area contributed by atoms with Crippen LogP contribution in [0.4, 0.5) is 0 Å². The third-order valence-electron chi connectivity index (χ3n) is 1.92. The monoisotopic (exact) mass is 306 g/mol. The fourth-order valence-electron chi connectivity index (χ4n) is 1.38. The second-order valence-corrected chi connectivity index (χ2v) is 5.37. The Bertz CT molecular complexity index is 180. The minimum atomic E-state index is -3.76. The van der Waals surface area contributed by atoms with Crippen LogP contribution < -0.4 is 0 Å². The van der Waals surface area contributed by atoms with Crippen LogP contribution in [0.25, 0.3) is 0 Å². The Hall–Kier alpha value is 0.840. The molecule has 0 amide bonds. The van der Waals surface area contributed by atoms with Crippen LogP contribution in [0.1, 0.15) is 32.1 Å². The lowest BCUT2D eigenvalue weighted by molar-refractivity contribution is 0.115. The largest absolute Gasteiger partial charge is 0.481 e. The second kappa shape index (κ2) is 4.91. The Morgan fingerprint density at radius 2 is 1.92 bits per heavy atom. The molecule has 1 unspecified atom stereocenters. The second-order valence-electron chi connectivity index (χ2n) is 2.90. The molecular formula is C6H12IO4P. The maximum absolute atomic E-state index is 11.0. The van der Waals surface area contributed by atoms with Gasteiger partial charge in [0.25, 0.3) is 0 Å². The van der Waals surface area contributed by atoms with Crippen LogP contribution in [-0.2, 0) is 11.9 Å². The first-order valence-electron chi connectivity index (χ1n) is 3.95. The van der Waals surface area contributed by atoms with Crippen molar-refractivity contribution in [2.24, 2.45) is 0 Å². The van der Waals surface area contributed by atoms with Crippen molar-refractivity contribution in [2.75, 3.05) is 0 Å². The Morgan fingerprint density at radius 1 is 1.33 bits per heavy atom. The lowest BCUT2D eigenvalue weighted by Gasteiger charge is -2.22. The van der Waals surface area contributed by atoms with Crippen molar-refractivity contribution in [1.29, 1.82) is 0 Å². The molecule has 0 saturated heterocycles. The van der Waals surface area contributed by atoms with Gasteiger partial charge in [-0.05, 0) is 12.8 Å². The van der Waals surface area contributed by atoms with E-state index in [-0.39, 0.29) is 6.10 Å². The summed E-state index contributed by atoms with van der Waals surface area (Å²) >= 11 is 1.39. The van der Waals surface area contributed by atoms with Crippen LogP contribution in [0, 0.1) is 0 Å². The molecule has 1 atom stereocenters. The van der Waals surface area contributed by atoms with Gasteiger partial charge in [0.05, 0.1) is 6.10 Å². The minimum absolute atomic E-state index is 0.0932. The van der Waals surface area contributed by atoms with E-state index in [1.807, 2.05) is 0 Å². The van der Waals surface area contributed by atoms with Crippen molar-refractivity contribution in [1.82, 2.24) is 0 Å². The van der Waals surface area contributed by atoms with E-state index in [0.29, 0.717) is 0 Å². The van der Waals surface area contributed by atoms with Crippen LogP contribution in [0.15, 0.2) is 0 Å². The van der Waals surface area contributed by atoms with Gasteiger partial charge in [-0.3, -0.25) is 4.52 Å². The molecule has 1 aliphatic carbocycles. The molecule has 12 heavy (non-hydrogen) atoms. The first kappa shape index (κ1) is 10.9. The van der Waals surface area contributed by atoms with Gasteiger partial charge in [-0.25, -0.2) is 7.42 Å². The van der Waals surface area contributed by atoms with Gasteiger partial charge >= 0.3 is 7.82 Å². The Morgan fingerprint density at radius 3 is 2.42 bits per heavy atom. The summed E-state index contributed by atoms with van der Waals surface area (Å²) in [6, 6.07) is 0. The van der Waals surface area contributed by atoms with Crippen molar-refractivity contribution in [2.45, 2.75) is 38.2 Å². The Kier molecular flexibility index (Phi) is 4.46. The van der Waals surface area contributed by atoms with Crippen LogP contribution in [0.5, 0.6) is 0 Å². The molecule has 1 N–H and O–H groups in total. The molecular weight excluding hydrogens is 294 g/mol. The van der Waals surface area contributed by atoms with E-state index in [2.05, 4.69) is 2.85 Å². The van der Waals surface area contributed by atoms with Gasteiger partial charge in [0.1, 0.15) is 23.0 Å². The van der Waals surface area contributed by atoms with Gasteiger partial charge in [0.15, 0.2) is 0 Å². The minimum Gasteiger partial charge on any atom is -0.302 e. The van der Waals surface area contributed by atoms with E-state index < -0.39 is 7.82 Å². The van der Waals surface area contributed by atoms with E-state index >= 15 is 0 Å². The summed E-state index contributed by atoms with van der Waals surface area (Å²) in [4.78, 5) is 8.98. The van der Waals surface area contributed by atoms with Gasteiger partial charge in [-0.2, -0.15) is 0 Å². The molecule has 1 aliphatic rings. The summed E-state index contributed by atoms with van der Waals surface area (Å²) in [5, 5.41) is 0. The summed E-state index contributed by atoms with van der Waals surface area (Å²) in [5.74, 6) is 0. The normalized spacial score (nSPS) is 25.2. The van der Waals surface area contributed by atoms with E-state index in [0.717, 1.165) is 25.7 Å². The number of hydrogen-bond donors (Lipinski definition) is 1. The molecule has 72 valence electrons. The van der Waals surface area contributed by atoms with Crippen molar-refractivity contribution in [3.05, 3.63) is 0 Å². The SMILES string of the molecule is O=P(O)(OI)OC1CCCCC1. The van der Waals surface area contributed by atoms with E-state index in [4.69, 9.17) is 9.42 Å². The molecule has 1 fully saturated rings. The van der Waals surface area contributed by atoms with E-state index in [1.165, 1.54) is 29.4 Å². The molecule has 6 heteroatoms. The van der Waals surface area contributed by atoms with Gasteiger partial charge in [0, 0.05) is 0 Å². The zero-order valence-corrected chi connectivity index (χ0v) is 9.66. The molecule has 0 spiro atoms. The fourth-order valence-corrected chi connectivity index (χ4v) is 2.27. The third-order valence-corrected chi connectivity index (χ3v) is 4.15. The lowest BCUT2D eigenvalue weighted by Crippen LogP contribution is -2.15. The molecule has 4 nitrogen and oxygen atoms in total. The number of phosphoric acid groups is 1. The first-order valence-corrected chi connectivity index (χ1v) is 6.33. The molecule has 1 rings (SSSR count). The molecule has 0 aliphatic heterocycles. The molecule has 0 radical (unpaired) electrons. The highest BCUT2D eigenvalue weighted by Gasteiger charge is 2.26. The lowest BCUT2D eigenvalue weighted by atomic mass is 9.98. The zero-order chi connectivity index (χ0) is 9.03. The average Bonchev–Trinajstić information content (AvgIpc) is 2.06. The Balaban J connectivity index is 2.34. The van der Waals surface area contributed by atoms with Crippen LogP contribution >= 0.6 is 30.8 Å². The molecule has 0 aromatic rings. The molecule has 0 heterocycles. The third kappa shape index (κ3) is 3.70. The van der Waals surface area contributed by atoms with E-state index in [1.54, 1.807) is 0 Å². The highest BCUT2D eigenvalue weighted by molar-refractivity contribution is 14.1. The van der Waals surface area contributed by atoms with Crippen LogP contribution in [0.2, 0.25) is 0 Å². The van der Waals surface area contributed by atoms with Gasteiger partial charge in [0.2, 0.25) is 0 Å². The van der Waals surface area contributed by atoms with Crippen molar-refractivity contribution in [3.63, 3.8) is 0 Å². The summed E-state index contributed by atoms with van der Waals surface area (Å²) in [5.41, 5.74) is 0. The fraction of sp³-hybridized carbons (Fsp3) is 1.00. The van der Waals surface area contributed by atoms with Crippen LogP contribution in [0.3, 0.4) is 0 Å². The van der Waals surface area contributed by atoms with Crippen molar-refractivity contribution >= 4 is 30.8 Å². The zero-order valence-electron chi connectivity index (χ0n) is 6.61. The van der Waals surface area contributed by atoms with Gasteiger partial charge in [-0.15, -0.1) is 0 Å². The van der Waals surface area contributed by atoms with Gasteiger partial charge in [-0.1, -0.05) is 19.3 Å². The summed E-state index contributed by atoms with van der Waals surface area (Å²) in [6.07, 6.45) is 4.98. The average molecular weight is 306 g/mol. The smallest absolute Gasteiger partial charge is 0.302 e. The predicted octanol–water partition coefficient (Wildman–Crippen LogP) is 2.80. The number of rotatable bonds is 3. The highest BCUT2D eigenvalue weighted by Crippen LogP contribution is 2.48. The van der Waals surface area contributed by atoms with Crippen molar-refractivity contribution in [3.8, 4) is 0 Å².